The van der Waals surface area contributed by atoms with Gasteiger partial charge >= 0.3 is 11.9 Å². The van der Waals surface area contributed by atoms with E-state index in [0.717, 1.165) is 32.4 Å². The summed E-state index contributed by atoms with van der Waals surface area (Å²) in [7, 11) is 1.25. The van der Waals surface area contributed by atoms with Crippen molar-refractivity contribution in [3.8, 4) is 11.5 Å². The van der Waals surface area contributed by atoms with Gasteiger partial charge in [-0.1, -0.05) is 12.1 Å². The maximum Gasteiger partial charge on any atom is 0.337 e. The molecule has 0 aliphatic carbocycles. The van der Waals surface area contributed by atoms with E-state index in [-0.39, 0.29) is 28.7 Å². The molecule has 2 atom stereocenters. The Morgan fingerprint density at radius 2 is 1.74 bits per heavy atom. The van der Waals surface area contributed by atoms with E-state index in [1.807, 2.05) is 0 Å². The lowest BCUT2D eigenvalue weighted by Crippen LogP contribution is -2.42. The van der Waals surface area contributed by atoms with Crippen LogP contribution in [0.25, 0.3) is 0 Å². The van der Waals surface area contributed by atoms with Gasteiger partial charge in [-0.25, -0.2) is 9.59 Å². The number of allylic oxidation sites excluding steroid dienone is 2. The van der Waals surface area contributed by atoms with Crippen LogP contribution in [0.2, 0.25) is 0 Å². The van der Waals surface area contributed by atoms with E-state index in [0.29, 0.717) is 66.6 Å². The number of dihydropyridines is 1. The van der Waals surface area contributed by atoms with Crippen LogP contribution in [-0.4, -0.2) is 73.6 Å². The van der Waals surface area contributed by atoms with Gasteiger partial charge in [-0.2, -0.15) is 0 Å². The third-order valence-electron chi connectivity index (χ3n) is 8.53. The van der Waals surface area contributed by atoms with Crippen LogP contribution >= 0.6 is 0 Å². The molecule has 3 aliphatic rings. The third kappa shape index (κ3) is 7.39. The number of methoxy groups -OCH3 is 1. The summed E-state index contributed by atoms with van der Waals surface area (Å²) in [5.74, 6) is -0.828. The minimum Gasteiger partial charge on any atom is -0.486 e. The Kier molecular flexibility index (Phi) is 10.4. The Balaban J connectivity index is 1.21. The molecule has 2 aromatic carbocycles. The van der Waals surface area contributed by atoms with Gasteiger partial charge in [-0.05, 0) is 76.4 Å². The van der Waals surface area contributed by atoms with Gasteiger partial charge in [0.05, 0.1) is 29.1 Å². The monoisotopic (exact) mass is 633 g/mol. The predicted octanol–water partition coefficient (Wildman–Crippen LogP) is 4.83. The molecule has 12 nitrogen and oxygen atoms in total. The highest BCUT2D eigenvalue weighted by molar-refractivity contribution is 6.00. The second kappa shape index (κ2) is 14.6. The first-order valence-corrected chi connectivity index (χ1v) is 15.5. The fraction of sp³-hybridized carbons (Fsp3) is 0.441. The van der Waals surface area contributed by atoms with Crippen LogP contribution in [0.15, 0.2) is 65.0 Å². The minimum atomic E-state index is -0.910. The van der Waals surface area contributed by atoms with Crippen LogP contribution < -0.4 is 14.8 Å². The average molecular weight is 634 g/mol. The van der Waals surface area contributed by atoms with E-state index in [1.54, 1.807) is 38.1 Å². The third-order valence-corrected chi connectivity index (χ3v) is 8.53. The summed E-state index contributed by atoms with van der Waals surface area (Å²) >= 11 is 0. The lowest BCUT2D eigenvalue weighted by atomic mass is 9.80. The van der Waals surface area contributed by atoms with E-state index in [4.69, 9.17) is 18.9 Å². The Morgan fingerprint density at radius 3 is 2.48 bits per heavy atom. The molecule has 12 heteroatoms. The van der Waals surface area contributed by atoms with E-state index < -0.39 is 22.8 Å². The van der Waals surface area contributed by atoms with E-state index in [2.05, 4.69) is 10.2 Å². The fourth-order valence-electron chi connectivity index (χ4n) is 6.31. The number of hydrogen-bond donors (Lipinski definition) is 1. The number of carbonyl (C=O) groups is 3. The number of piperidine rings is 1. The van der Waals surface area contributed by atoms with Crippen LogP contribution in [0, 0.1) is 10.1 Å². The normalized spacial score (nSPS) is 19.7. The molecule has 0 radical (unpaired) electrons. The molecular formula is C34H39N3O9. The number of nitrogens with zero attached hydrogens (tertiary/aromatic N) is 2. The Hall–Kier alpha value is -4.71. The van der Waals surface area contributed by atoms with Crippen molar-refractivity contribution in [3.63, 3.8) is 0 Å². The summed E-state index contributed by atoms with van der Waals surface area (Å²) in [5.41, 5.74) is 2.27. The van der Waals surface area contributed by atoms with E-state index >= 15 is 0 Å². The Bertz CT molecular complexity index is 1580. The second-order valence-corrected chi connectivity index (χ2v) is 11.7. The number of hydrogen-bond acceptors (Lipinski definition) is 11. The van der Waals surface area contributed by atoms with Gasteiger partial charge in [0.2, 0.25) is 0 Å². The number of nitro groups is 1. The molecule has 0 aromatic heterocycles. The van der Waals surface area contributed by atoms with Crippen molar-refractivity contribution in [1.82, 2.24) is 10.2 Å². The maximum atomic E-state index is 13.8. The zero-order valence-corrected chi connectivity index (χ0v) is 26.3. The number of nitro benzene ring substituents is 1. The number of fused-ring (bicyclic) bond motifs is 1. The van der Waals surface area contributed by atoms with Gasteiger partial charge in [0.25, 0.3) is 5.69 Å². The first-order chi connectivity index (χ1) is 22.2. The highest BCUT2D eigenvalue weighted by atomic mass is 16.6. The minimum absolute atomic E-state index is 0.0565. The van der Waals surface area contributed by atoms with Gasteiger partial charge in [0.1, 0.15) is 19.3 Å². The average Bonchev–Trinajstić information content (AvgIpc) is 3.05. The molecule has 46 heavy (non-hydrogen) atoms. The standard InChI is InChI=1S/C34H39N3O9/c1-21-30(33(39)43-3)32(24-8-6-9-25(18-24)37(41)42)31(22(2)35-21)34(40)46-26-10-7-15-36(20-26)14-5-4-11-27(38)23-12-13-28-29(19-23)45-17-16-44-28/h6,8-9,12-13,18-19,26,32,35H,4-5,7,10-11,14-17,20H2,1-3H3/t26?,32-/m0/s1. The Morgan fingerprint density at radius 1 is 1.00 bits per heavy atom. The summed E-state index contributed by atoms with van der Waals surface area (Å²) in [6.45, 7) is 6.55. The van der Waals surface area contributed by atoms with Crippen molar-refractivity contribution in [2.75, 3.05) is 40.0 Å². The van der Waals surface area contributed by atoms with Crippen LogP contribution in [0.1, 0.15) is 67.8 Å². The van der Waals surface area contributed by atoms with Crippen LogP contribution in [0.5, 0.6) is 11.5 Å². The van der Waals surface area contributed by atoms with Gasteiger partial charge in [0, 0.05) is 42.1 Å². The fourth-order valence-corrected chi connectivity index (χ4v) is 6.31. The first kappa shape index (κ1) is 32.7. The zero-order chi connectivity index (χ0) is 32.8. The van der Waals surface area contributed by atoms with Crippen LogP contribution in [0.3, 0.4) is 0 Å². The molecule has 1 N–H and O–H groups in total. The molecule has 5 rings (SSSR count). The van der Waals surface area contributed by atoms with Gasteiger partial charge in [0.15, 0.2) is 17.3 Å². The number of nitrogens with one attached hydrogen (secondary N) is 1. The molecule has 0 amide bonds. The molecule has 0 spiro atoms. The van der Waals surface area contributed by atoms with Crippen molar-refractivity contribution >= 4 is 23.4 Å². The lowest BCUT2D eigenvalue weighted by Gasteiger charge is -2.34. The van der Waals surface area contributed by atoms with Gasteiger partial charge in [-0.15, -0.1) is 0 Å². The number of Topliss-reactive ketones (excluding diaryl/α,β-unsaturated/α-hetero) is 1. The topological polar surface area (TPSA) is 147 Å². The van der Waals surface area contributed by atoms with Crippen molar-refractivity contribution in [2.24, 2.45) is 0 Å². The van der Waals surface area contributed by atoms with Crippen molar-refractivity contribution in [3.05, 3.63) is 86.2 Å². The van der Waals surface area contributed by atoms with Crippen molar-refractivity contribution < 1.29 is 38.3 Å². The number of non-ortho nitro benzene ring substituents is 1. The summed E-state index contributed by atoms with van der Waals surface area (Å²) in [4.78, 5) is 52.8. The molecule has 0 bridgehead atoms. The number of unbranched alkanes of at least 4 members (excludes halogenated alkanes) is 1. The number of carbonyl (C=O) groups excluding carboxylic acids is 3. The van der Waals surface area contributed by atoms with E-state index in [1.165, 1.54) is 25.3 Å². The molecule has 1 fully saturated rings. The van der Waals surface area contributed by atoms with Crippen LogP contribution in [-0.2, 0) is 19.1 Å². The van der Waals surface area contributed by atoms with E-state index in [9.17, 15) is 24.5 Å². The zero-order valence-electron chi connectivity index (χ0n) is 26.3. The number of benzene rings is 2. The van der Waals surface area contributed by atoms with Gasteiger partial charge in [-0.3, -0.25) is 19.8 Å². The summed E-state index contributed by atoms with van der Waals surface area (Å²) in [5, 5.41) is 14.6. The number of likely N-dealkylation sites (tertiary alicyclic amines) is 1. The Labute approximate surface area is 267 Å². The first-order valence-electron chi connectivity index (χ1n) is 15.5. The van der Waals surface area contributed by atoms with Crippen molar-refractivity contribution in [1.29, 1.82) is 0 Å². The molecule has 2 aromatic rings. The number of ether oxygens (including phenoxy) is 4. The molecule has 3 aliphatic heterocycles. The smallest absolute Gasteiger partial charge is 0.337 e. The van der Waals surface area contributed by atoms with Crippen molar-refractivity contribution in [2.45, 2.75) is 58.0 Å². The van der Waals surface area contributed by atoms with Crippen LogP contribution in [0.4, 0.5) is 5.69 Å². The number of esters is 2. The summed E-state index contributed by atoms with van der Waals surface area (Å²) in [6.07, 6.45) is 3.10. The second-order valence-electron chi connectivity index (χ2n) is 11.7. The maximum absolute atomic E-state index is 13.8. The molecule has 1 saturated heterocycles. The summed E-state index contributed by atoms with van der Waals surface area (Å²) in [6, 6.07) is 11.2. The van der Waals surface area contributed by atoms with Gasteiger partial charge < -0.3 is 24.3 Å². The molecular weight excluding hydrogens is 594 g/mol. The SMILES string of the molecule is COC(=O)C1=C(C)NC(C)=C(C(=O)OC2CCCN(CCCCC(=O)c3ccc4c(c3)OCCO4)C2)[C@H]1c1cccc([N+](=O)[O-])c1. The molecule has 3 heterocycles. The quantitative estimate of drug-likeness (QED) is 0.119. The summed E-state index contributed by atoms with van der Waals surface area (Å²) < 4.78 is 22.2. The highest BCUT2D eigenvalue weighted by Gasteiger charge is 2.39. The number of ketones is 1. The molecule has 0 saturated carbocycles. The predicted molar refractivity (Wildman–Crippen MR) is 168 cm³/mol. The highest BCUT2D eigenvalue weighted by Crippen LogP contribution is 2.40. The molecule has 1 unspecified atom stereocenters. The largest absolute Gasteiger partial charge is 0.486 e. The molecule has 244 valence electrons. The lowest BCUT2D eigenvalue weighted by molar-refractivity contribution is -0.384. The number of rotatable bonds is 11.